The number of pyridine rings is 1. The summed E-state index contributed by atoms with van der Waals surface area (Å²) >= 11 is 1.22. The summed E-state index contributed by atoms with van der Waals surface area (Å²) < 4.78 is 46.4. The Balaban J connectivity index is 0.00000387. The molecular weight excluding hydrogens is 560 g/mol. The zero-order chi connectivity index (χ0) is 28.1. The lowest BCUT2D eigenvalue weighted by Gasteiger charge is -2.32. The van der Waals surface area contributed by atoms with E-state index in [0.717, 1.165) is 49.4 Å². The van der Waals surface area contributed by atoms with E-state index >= 15 is 0 Å². The van der Waals surface area contributed by atoms with Gasteiger partial charge in [-0.25, -0.2) is 8.42 Å². The number of hydrogen-bond donors (Lipinski definition) is 1. The van der Waals surface area contributed by atoms with Crippen LogP contribution in [0.4, 0.5) is 5.69 Å². The van der Waals surface area contributed by atoms with Crippen LogP contribution in [0, 0.1) is 6.92 Å². The summed E-state index contributed by atoms with van der Waals surface area (Å²) in [6.07, 6.45) is 2.60. The summed E-state index contributed by atoms with van der Waals surface area (Å²) in [5.41, 5.74) is 1.11. The topological polar surface area (TPSA) is 93.2 Å². The molecule has 9 nitrogen and oxygen atoms in total. The summed E-state index contributed by atoms with van der Waals surface area (Å²) in [6, 6.07) is 15.7. The summed E-state index contributed by atoms with van der Waals surface area (Å²) in [4.78, 5) is 10.3. The lowest BCUT2D eigenvalue weighted by atomic mass is 10.1. The third-order valence-electron chi connectivity index (χ3n) is 6.75. The van der Waals surface area contributed by atoms with E-state index in [1.807, 2.05) is 19.1 Å². The zero-order valence-electron chi connectivity index (χ0n) is 22.9. The highest BCUT2D eigenvalue weighted by atomic mass is 32.2. The molecule has 0 spiro atoms. The van der Waals surface area contributed by atoms with Crippen LogP contribution in [-0.2, 0) is 10.0 Å². The molecular formula is C30H38N4O5S2. The molecule has 0 bridgehead atoms. The van der Waals surface area contributed by atoms with Crippen molar-refractivity contribution < 1.29 is 22.6 Å². The number of anilines is 1. The number of aromatic nitrogens is 1. The maximum Gasteiger partial charge on any atom is 0.271 e. The van der Waals surface area contributed by atoms with Gasteiger partial charge in [0.2, 0.25) is 0 Å². The lowest BCUT2D eigenvalue weighted by molar-refractivity contribution is 0.145. The van der Waals surface area contributed by atoms with Crippen LogP contribution < -0.4 is 18.9 Å². The summed E-state index contributed by atoms with van der Waals surface area (Å²) in [6.45, 7) is 7.84. The number of likely N-dealkylation sites (N-methyl/N-ethyl adjacent to an activating group) is 1. The Morgan fingerprint density at radius 3 is 2.54 bits per heavy atom. The van der Waals surface area contributed by atoms with Gasteiger partial charge in [0.25, 0.3) is 10.0 Å². The van der Waals surface area contributed by atoms with Crippen molar-refractivity contribution in [2.45, 2.75) is 25.0 Å². The highest BCUT2D eigenvalue weighted by molar-refractivity contribution is 7.94. The molecule has 0 unspecified atom stereocenters. The molecule has 0 aliphatic carbocycles. The average Bonchev–Trinajstić information content (AvgIpc) is 3.39. The number of aryl methyl sites for hydroxylation is 1. The van der Waals surface area contributed by atoms with Gasteiger partial charge in [0.1, 0.15) is 15.7 Å². The molecule has 1 saturated heterocycles. The van der Waals surface area contributed by atoms with Gasteiger partial charge < -0.3 is 24.0 Å². The SMILES string of the molecule is C.COc1cc2c(Oc3cccc(NS(=O)(=O)c4ccc(C)s4)c3)ccnc2cc1OCCCN1CCN(C)CC1. The fourth-order valence-electron chi connectivity index (χ4n) is 4.54. The van der Waals surface area contributed by atoms with Crippen molar-refractivity contribution in [2.24, 2.45) is 0 Å². The fourth-order valence-corrected chi connectivity index (χ4v) is 6.88. The van der Waals surface area contributed by atoms with Gasteiger partial charge in [-0.2, -0.15) is 0 Å². The van der Waals surface area contributed by atoms with Crippen molar-refractivity contribution in [1.82, 2.24) is 14.8 Å². The Morgan fingerprint density at radius 1 is 1.00 bits per heavy atom. The quantitative estimate of drug-likeness (QED) is 0.215. The van der Waals surface area contributed by atoms with E-state index in [0.29, 0.717) is 40.8 Å². The number of sulfonamides is 1. The Labute approximate surface area is 246 Å². The second-order valence-corrected chi connectivity index (χ2v) is 13.0. The number of rotatable bonds is 11. The van der Waals surface area contributed by atoms with E-state index in [1.165, 1.54) is 11.3 Å². The molecule has 11 heteroatoms. The van der Waals surface area contributed by atoms with Gasteiger partial charge >= 0.3 is 0 Å². The summed E-state index contributed by atoms with van der Waals surface area (Å²) in [7, 11) is 0.0886. The summed E-state index contributed by atoms with van der Waals surface area (Å²) in [5.74, 6) is 2.29. The molecule has 2 aromatic heterocycles. The number of nitrogens with one attached hydrogen (secondary N) is 1. The number of benzene rings is 2. The van der Waals surface area contributed by atoms with Gasteiger partial charge in [0, 0.05) is 61.3 Å². The van der Waals surface area contributed by atoms with Crippen LogP contribution in [0.1, 0.15) is 18.7 Å². The van der Waals surface area contributed by atoms with Crippen molar-refractivity contribution in [3.8, 4) is 23.0 Å². The monoisotopic (exact) mass is 598 g/mol. The highest BCUT2D eigenvalue weighted by Gasteiger charge is 2.18. The molecule has 41 heavy (non-hydrogen) atoms. The smallest absolute Gasteiger partial charge is 0.271 e. The minimum absolute atomic E-state index is 0. The standard InChI is InChI=1S/C29H34N4O5S2.CH4/c1-21-8-9-29(39-21)40(34,35)31-22-6-4-7-23(18-22)38-26-10-11-30-25-20-28(27(36-3)19-24(25)26)37-17-5-12-33-15-13-32(2)14-16-33;/h4,6-11,18-20,31H,5,12-17H2,1-3H3;1H4. The van der Waals surface area contributed by atoms with Crippen molar-refractivity contribution >= 4 is 38.0 Å². The average molecular weight is 599 g/mol. The molecule has 0 amide bonds. The highest BCUT2D eigenvalue weighted by Crippen LogP contribution is 2.37. The van der Waals surface area contributed by atoms with Crippen molar-refractivity contribution in [2.75, 3.05) is 58.2 Å². The van der Waals surface area contributed by atoms with Gasteiger partial charge in [-0.1, -0.05) is 13.5 Å². The minimum atomic E-state index is -3.68. The van der Waals surface area contributed by atoms with E-state index in [-0.39, 0.29) is 11.6 Å². The maximum atomic E-state index is 12.8. The summed E-state index contributed by atoms with van der Waals surface area (Å²) in [5, 5.41) is 0.754. The van der Waals surface area contributed by atoms with Crippen LogP contribution in [0.15, 0.2) is 65.0 Å². The largest absolute Gasteiger partial charge is 0.493 e. The van der Waals surface area contributed by atoms with E-state index in [2.05, 4.69) is 26.6 Å². The molecule has 0 atom stereocenters. The molecule has 1 N–H and O–H groups in total. The van der Waals surface area contributed by atoms with Gasteiger partial charge in [0.05, 0.1) is 24.9 Å². The van der Waals surface area contributed by atoms with Crippen LogP contribution in [-0.4, -0.2) is 76.7 Å². The predicted octanol–water partition coefficient (Wildman–Crippen LogP) is 5.86. The number of ether oxygens (including phenoxy) is 3. The van der Waals surface area contributed by atoms with Crippen LogP contribution >= 0.6 is 11.3 Å². The van der Waals surface area contributed by atoms with Crippen molar-refractivity contribution in [3.63, 3.8) is 0 Å². The van der Waals surface area contributed by atoms with Crippen LogP contribution in [0.3, 0.4) is 0 Å². The first-order valence-corrected chi connectivity index (χ1v) is 15.5. The van der Waals surface area contributed by atoms with Crippen molar-refractivity contribution in [3.05, 3.63) is 65.7 Å². The number of piperazine rings is 1. The van der Waals surface area contributed by atoms with Gasteiger partial charge in [-0.05, 0) is 56.8 Å². The molecule has 1 aliphatic heterocycles. The first-order chi connectivity index (χ1) is 19.3. The zero-order valence-corrected chi connectivity index (χ0v) is 24.6. The van der Waals surface area contributed by atoms with Gasteiger partial charge in [-0.15, -0.1) is 11.3 Å². The number of thiophene rings is 1. The normalized spacial score (nSPS) is 14.4. The van der Waals surface area contributed by atoms with Crippen LogP contribution in [0.25, 0.3) is 10.9 Å². The Hall–Kier alpha value is -3.38. The predicted molar refractivity (Wildman–Crippen MR) is 165 cm³/mol. The second-order valence-electron chi connectivity index (χ2n) is 9.78. The van der Waals surface area contributed by atoms with Crippen LogP contribution in [0.5, 0.6) is 23.0 Å². The van der Waals surface area contributed by atoms with Crippen LogP contribution in [0.2, 0.25) is 0 Å². The third-order valence-corrected chi connectivity index (χ3v) is 9.63. The lowest BCUT2D eigenvalue weighted by Crippen LogP contribution is -2.44. The van der Waals surface area contributed by atoms with Gasteiger partial charge in [0.15, 0.2) is 11.5 Å². The Bertz CT molecular complexity index is 1570. The first kappa shape index (κ1) is 30.6. The van der Waals surface area contributed by atoms with E-state index in [1.54, 1.807) is 55.8 Å². The number of hydrogen-bond acceptors (Lipinski definition) is 9. The van der Waals surface area contributed by atoms with E-state index < -0.39 is 10.0 Å². The molecule has 5 rings (SSSR count). The third kappa shape index (κ3) is 7.68. The van der Waals surface area contributed by atoms with E-state index in [9.17, 15) is 8.42 Å². The molecule has 3 heterocycles. The Kier molecular flexibility index (Phi) is 10.1. The second kappa shape index (κ2) is 13.5. The van der Waals surface area contributed by atoms with Crippen molar-refractivity contribution in [1.29, 1.82) is 0 Å². The number of fused-ring (bicyclic) bond motifs is 1. The Morgan fingerprint density at radius 2 is 1.80 bits per heavy atom. The molecule has 2 aromatic carbocycles. The molecule has 1 fully saturated rings. The minimum Gasteiger partial charge on any atom is -0.493 e. The molecule has 0 radical (unpaired) electrons. The molecule has 0 saturated carbocycles. The number of nitrogens with zero attached hydrogens (tertiary/aromatic N) is 3. The first-order valence-electron chi connectivity index (χ1n) is 13.2. The fraction of sp³-hybridized carbons (Fsp3) is 0.367. The number of methoxy groups -OCH3 is 1. The van der Waals surface area contributed by atoms with E-state index in [4.69, 9.17) is 14.2 Å². The molecule has 220 valence electrons. The maximum absolute atomic E-state index is 12.8. The molecule has 1 aliphatic rings. The van der Waals surface area contributed by atoms with Gasteiger partial charge in [-0.3, -0.25) is 9.71 Å². The molecule has 4 aromatic rings.